The van der Waals surface area contributed by atoms with Crippen molar-refractivity contribution in [3.05, 3.63) is 23.8 Å². The largest absolute Gasteiger partial charge is 0.495 e. The highest BCUT2D eigenvalue weighted by Gasteiger charge is 2.17. The number of rotatable bonds is 5. The first-order valence-corrected chi connectivity index (χ1v) is 6.29. The number of esters is 1. The van der Waals surface area contributed by atoms with E-state index in [2.05, 4.69) is 0 Å². The Morgan fingerprint density at radius 3 is 2.58 bits per heavy atom. The van der Waals surface area contributed by atoms with E-state index in [0.29, 0.717) is 23.5 Å². The summed E-state index contributed by atoms with van der Waals surface area (Å²) in [5, 5.41) is 0.238. The lowest BCUT2D eigenvalue weighted by atomic mass is 10.1. The molecule has 0 saturated heterocycles. The summed E-state index contributed by atoms with van der Waals surface area (Å²) in [5.74, 6) is 0.192. The third-order valence-electron chi connectivity index (χ3n) is 2.60. The number of methoxy groups -OCH3 is 2. The zero-order valence-corrected chi connectivity index (χ0v) is 12.1. The molecule has 0 aromatic heterocycles. The third-order valence-corrected chi connectivity index (χ3v) is 2.82. The highest BCUT2D eigenvalue weighted by molar-refractivity contribution is 7.80. The molecule has 104 valence electrons. The van der Waals surface area contributed by atoms with Crippen molar-refractivity contribution in [1.29, 1.82) is 0 Å². The fourth-order valence-electron chi connectivity index (χ4n) is 1.72. The van der Waals surface area contributed by atoms with E-state index in [1.54, 1.807) is 30.2 Å². The number of benzene rings is 1. The molecule has 0 fully saturated rings. The van der Waals surface area contributed by atoms with E-state index >= 15 is 0 Å². The Labute approximate surface area is 118 Å². The van der Waals surface area contributed by atoms with Gasteiger partial charge in [-0.15, -0.1) is 0 Å². The van der Waals surface area contributed by atoms with Crippen molar-refractivity contribution in [1.82, 2.24) is 0 Å². The average Bonchev–Trinajstić information content (AvgIpc) is 2.42. The number of carbonyl (C=O) groups excluding carboxylic acids is 1. The molecule has 2 N–H and O–H groups in total. The van der Waals surface area contributed by atoms with E-state index in [9.17, 15) is 4.79 Å². The fourth-order valence-corrected chi connectivity index (χ4v) is 1.91. The Bertz CT molecular complexity index is 477. The van der Waals surface area contributed by atoms with E-state index in [4.69, 9.17) is 27.4 Å². The van der Waals surface area contributed by atoms with Gasteiger partial charge in [0.25, 0.3) is 0 Å². The molecule has 1 aromatic carbocycles. The topological polar surface area (TPSA) is 64.8 Å². The van der Waals surface area contributed by atoms with Crippen LogP contribution in [0.4, 0.5) is 5.69 Å². The number of ether oxygens (including phenoxy) is 2. The first kappa shape index (κ1) is 15.2. The van der Waals surface area contributed by atoms with Gasteiger partial charge in [0.2, 0.25) is 0 Å². The van der Waals surface area contributed by atoms with Crippen LogP contribution in [0.2, 0.25) is 0 Å². The summed E-state index contributed by atoms with van der Waals surface area (Å²) in [4.78, 5) is 13.3. The normalized spacial score (nSPS) is 9.84. The summed E-state index contributed by atoms with van der Waals surface area (Å²) in [6.07, 6.45) is 0.864. The maximum atomic E-state index is 11.6. The number of thiocarbonyl (C=S) groups is 1. The maximum absolute atomic E-state index is 11.6. The van der Waals surface area contributed by atoms with Crippen LogP contribution in [0.5, 0.6) is 5.75 Å². The van der Waals surface area contributed by atoms with Gasteiger partial charge in [-0.2, -0.15) is 0 Å². The first-order valence-electron chi connectivity index (χ1n) is 5.88. The van der Waals surface area contributed by atoms with Crippen LogP contribution in [0.3, 0.4) is 0 Å². The van der Waals surface area contributed by atoms with E-state index in [1.807, 2.05) is 6.92 Å². The predicted octanol–water partition coefficient (Wildman–Crippen LogP) is 1.94. The SMILES string of the molecule is CCCN(C(N)=S)c1cc(C(=O)OC)ccc1OC. The maximum Gasteiger partial charge on any atom is 0.337 e. The van der Waals surface area contributed by atoms with Crippen LogP contribution in [0.15, 0.2) is 18.2 Å². The van der Waals surface area contributed by atoms with Gasteiger partial charge in [-0.25, -0.2) is 4.79 Å². The average molecular weight is 282 g/mol. The van der Waals surface area contributed by atoms with E-state index in [0.717, 1.165) is 6.42 Å². The molecule has 0 spiro atoms. The Balaban J connectivity index is 3.27. The van der Waals surface area contributed by atoms with Gasteiger partial charge in [0.1, 0.15) is 5.75 Å². The smallest absolute Gasteiger partial charge is 0.337 e. The lowest BCUT2D eigenvalue weighted by molar-refractivity contribution is 0.0600. The Morgan fingerprint density at radius 2 is 2.11 bits per heavy atom. The van der Waals surface area contributed by atoms with Crippen molar-refractivity contribution in [2.75, 3.05) is 25.7 Å². The predicted molar refractivity (Wildman–Crippen MR) is 78.8 cm³/mol. The summed E-state index contributed by atoms with van der Waals surface area (Å²) in [6, 6.07) is 5.00. The fraction of sp³-hybridized carbons (Fsp3) is 0.385. The van der Waals surface area contributed by atoms with Crippen LogP contribution in [0, 0.1) is 0 Å². The summed E-state index contributed by atoms with van der Waals surface area (Å²) in [5.41, 5.74) is 6.82. The van der Waals surface area contributed by atoms with Crippen LogP contribution in [-0.2, 0) is 4.74 Å². The number of nitrogens with two attached hydrogens (primary N) is 1. The molecule has 0 atom stereocenters. The number of anilines is 1. The van der Waals surface area contributed by atoms with Crippen molar-refractivity contribution in [2.45, 2.75) is 13.3 Å². The Morgan fingerprint density at radius 1 is 1.42 bits per heavy atom. The Kier molecular flexibility index (Phi) is 5.57. The molecule has 0 bridgehead atoms. The highest BCUT2D eigenvalue weighted by Crippen LogP contribution is 2.29. The summed E-state index contributed by atoms with van der Waals surface area (Å²) in [7, 11) is 2.89. The van der Waals surface area contributed by atoms with Gasteiger partial charge in [-0.1, -0.05) is 6.92 Å². The van der Waals surface area contributed by atoms with E-state index < -0.39 is 5.97 Å². The number of nitrogens with zero attached hydrogens (tertiary/aromatic N) is 1. The molecule has 0 aliphatic carbocycles. The molecule has 1 aromatic rings. The minimum Gasteiger partial charge on any atom is -0.495 e. The Hall–Kier alpha value is -1.82. The zero-order valence-electron chi connectivity index (χ0n) is 11.3. The van der Waals surface area contributed by atoms with Crippen molar-refractivity contribution in [2.24, 2.45) is 5.73 Å². The highest BCUT2D eigenvalue weighted by atomic mass is 32.1. The van der Waals surface area contributed by atoms with E-state index in [-0.39, 0.29) is 5.11 Å². The molecular formula is C13H18N2O3S. The minimum atomic E-state index is -0.414. The second-order valence-corrected chi connectivity index (χ2v) is 4.29. The van der Waals surface area contributed by atoms with Crippen LogP contribution in [-0.4, -0.2) is 31.8 Å². The van der Waals surface area contributed by atoms with Crippen molar-refractivity contribution in [3.63, 3.8) is 0 Å². The molecule has 6 heteroatoms. The molecule has 19 heavy (non-hydrogen) atoms. The number of hydrogen-bond acceptors (Lipinski definition) is 4. The lowest BCUT2D eigenvalue weighted by Gasteiger charge is -2.24. The van der Waals surface area contributed by atoms with Gasteiger partial charge in [0, 0.05) is 6.54 Å². The van der Waals surface area contributed by atoms with Crippen molar-refractivity contribution in [3.8, 4) is 5.75 Å². The lowest BCUT2D eigenvalue weighted by Crippen LogP contribution is -2.36. The summed E-state index contributed by atoms with van der Waals surface area (Å²) >= 11 is 5.04. The quantitative estimate of drug-likeness (QED) is 0.657. The first-order chi connectivity index (χ1) is 9.04. The van der Waals surface area contributed by atoms with Crippen LogP contribution in [0.25, 0.3) is 0 Å². The second kappa shape index (κ2) is 6.94. The third kappa shape index (κ3) is 3.57. The molecule has 0 aliphatic rings. The second-order valence-electron chi connectivity index (χ2n) is 3.87. The molecular weight excluding hydrogens is 264 g/mol. The van der Waals surface area contributed by atoms with Crippen molar-refractivity contribution < 1.29 is 14.3 Å². The molecule has 0 saturated carbocycles. The van der Waals surface area contributed by atoms with Gasteiger partial charge >= 0.3 is 5.97 Å². The molecule has 5 nitrogen and oxygen atoms in total. The standard InChI is InChI=1S/C13H18N2O3S/c1-4-7-15(13(14)19)10-8-9(12(16)18-3)5-6-11(10)17-2/h5-6,8H,4,7H2,1-3H3,(H2,14,19). The van der Waals surface area contributed by atoms with E-state index in [1.165, 1.54) is 7.11 Å². The van der Waals surface area contributed by atoms with Crippen LogP contribution in [0.1, 0.15) is 23.7 Å². The van der Waals surface area contributed by atoms with Gasteiger partial charge < -0.3 is 20.1 Å². The molecule has 1 rings (SSSR count). The molecule has 0 heterocycles. The molecule has 0 aliphatic heterocycles. The van der Waals surface area contributed by atoms with Gasteiger partial charge in [-0.05, 0) is 36.8 Å². The molecule has 0 amide bonds. The summed E-state index contributed by atoms with van der Waals surface area (Å²) in [6.45, 7) is 2.66. The molecule has 0 unspecified atom stereocenters. The molecule has 0 radical (unpaired) electrons. The number of hydrogen-bond donors (Lipinski definition) is 1. The monoisotopic (exact) mass is 282 g/mol. The van der Waals surface area contributed by atoms with Gasteiger partial charge in [0.05, 0.1) is 25.5 Å². The van der Waals surface area contributed by atoms with Crippen LogP contribution >= 0.6 is 12.2 Å². The summed E-state index contributed by atoms with van der Waals surface area (Å²) < 4.78 is 9.98. The van der Waals surface area contributed by atoms with Gasteiger partial charge in [-0.3, -0.25) is 0 Å². The number of carbonyl (C=O) groups is 1. The minimum absolute atomic E-state index is 0.238. The van der Waals surface area contributed by atoms with Gasteiger partial charge in [0.15, 0.2) is 5.11 Å². The van der Waals surface area contributed by atoms with Crippen LogP contribution < -0.4 is 15.4 Å². The van der Waals surface area contributed by atoms with Crippen molar-refractivity contribution >= 4 is 29.0 Å². The zero-order chi connectivity index (χ0) is 14.4.